The summed E-state index contributed by atoms with van der Waals surface area (Å²) in [5, 5.41) is 2.86. The Balaban J connectivity index is 1.79. The third kappa shape index (κ3) is 4.59. The van der Waals surface area contributed by atoms with Gasteiger partial charge in [-0.3, -0.25) is 4.79 Å². The zero-order chi connectivity index (χ0) is 19.4. The van der Waals surface area contributed by atoms with Crippen molar-refractivity contribution in [1.82, 2.24) is 9.88 Å². The van der Waals surface area contributed by atoms with Gasteiger partial charge in [0.15, 0.2) is 0 Å². The maximum absolute atomic E-state index is 12.9. The first kappa shape index (κ1) is 19.2. The number of carbonyl (C=O) groups excluding carboxylic acids is 1. The molecule has 0 radical (unpaired) electrons. The largest absolute Gasteiger partial charge is 0.416 e. The molecule has 2 aromatic rings. The van der Waals surface area contributed by atoms with Crippen LogP contribution in [0.2, 0.25) is 0 Å². The standard InChI is InChI=1S/C20H22F3N3O/c1-2-17-8-3-4-11-26(17)19(27)14-9-10-24-18(12-14)25-16-7-5-6-15(13-16)20(21,22)23/h5-7,9-10,12-13,17H,2-4,8,11H2,1H3,(H,24,25). The highest BCUT2D eigenvalue weighted by Gasteiger charge is 2.30. The van der Waals surface area contributed by atoms with Gasteiger partial charge in [0.1, 0.15) is 5.82 Å². The van der Waals surface area contributed by atoms with Crippen molar-refractivity contribution < 1.29 is 18.0 Å². The quantitative estimate of drug-likeness (QED) is 0.792. The number of amides is 1. The lowest BCUT2D eigenvalue weighted by Crippen LogP contribution is -2.43. The number of halogens is 3. The molecule has 1 atom stereocenters. The third-order valence-electron chi connectivity index (χ3n) is 4.83. The summed E-state index contributed by atoms with van der Waals surface area (Å²) in [6.45, 7) is 2.81. The van der Waals surface area contributed by atoms with Crippen LogP contribution in [-0.2, 0) is 6.18 Å². The first-order valence-corrected chi connectivity index (χ1v) is 9.10. The first-order chi connectivity index (χ1) is 12.9. The second-order valence-electron chi connectivity index (χ2n) is 6.69. The van der Waals surface area contributed by atoms with Crippen molar-refractivity contribution in [1.29, 1.82) is 0 Å². The Bertz CT molecular complexity index is 807. The molecule has 3 rings (SSSR count). The summed E-state index contributed by atoms with van der Waals surface area (Å²) in [5.41, 5.74) is 0.0185. The van der Waals surface area contributed by atoms with Crippen molar-refractivity contribution in [3.63, 3.8) is 0 Å². The normalized spacial score (nSPS) is 17.6. The topological polar surface area (TPSA) is 45.2 Å². The van der Waals surface area contributed by atoms with Gasteiger partial charge in [0.05, 0.1) is 5.56 Å². The molecular weight excluding hydrogens is 355 g/mol. The number of hydrogen-bond donors (Lipinski definition) is 1. The molecule has 0 saturated carbocycles. The Labute approximate surface area is 156 Å². The Morgan fingerprint density at radius 1 is 1.26 bits per heavy atom. The first-order valence-electron chi connectivity index (χ1n) is 9.10. The van der Waals surface area contributed by atoms with Gasteiger partial charge in [-0.05, 0) is 56.0 Å². The van der Waals surface area contributed by atoms with Gasteiger partial charge in [-0.1, -0.05) is 13.0 Å². The number of rotatable bonds is 4. The summed E-state index contributed by atoms with van der Waals surface area (Å²) in [7, 11) is 0. The average Bonchev–Trinajstić information content (AvgIpc) is 2.67. The van der Waals surface area contributed by atoms with Crippen LogP contribution >= 0.6 is 0 Å². The van der Waals surface area contributed by atoms with Gasteiger partial charge in [0.25, 0.3) is 5.91 Å². The molecule has 1 fully saturated rings. The van der Waals surface area contributed by atoms with Crippen LogP contribution in [0.3, 0.4) is 0 Å². The summed E-state index contributed by atoms with van der Waals surface area (Å²) in [6, 6.07) is 8.36. The maximum atomic E-state index is 12.9. The predicted molar refractivity (Wildman–Crippen MR) is 97.9 cm³/mol. The smallest absolute Gasteiger partial charge is 0.340 e. The number of pyridine rings is 1. The average molecular weight is 377 g/mol. The van der Waals surface area contributed by atoms with Crippen molar-refractivity contribution in [2.45, 2.75) is 44.8 Å². The van der Waals surface area contributed by atoms with E-state index in [2.05, 4.69) is 17.2 Å². The van der Waals surface area contributed by atoms with Crippen LogP contribution in [-0.4, -0.2) is 28.4 Å². The molecule has 2 heterocycles. The van der Waals surface area contributed by atoms with Gasteiger partial charge in [0, 0.05) is 30.0 Å². The Morgan fingerprint density at radius 2 is 2.07 bits per heavy atom. The molecule has 1 aromatic carbocycles. The second kappa shape index (κ2) is 7.98. The van der Waals surface area contributed by atoms with E-state index in [4.69, 9.17) is 0 Å². The highest BCUT2D eigenvalue weighted by molar-refractivity contribution is 5.95. The molecule has 27 heavy (non-hydrogen) atoms. The van der Waals surface area contributed by atoms with Gasteiger partial charge in [-0.25, -0.2) is 4.98 Å². The summed E-state index contributed by atoms with van der Waals surface area (Å²) in [4.78, 5) is 18.9. The summed E-state index contributed by atoms with van der Waals surface area (Å²) in [5.74, 6) is 0.279. The molecule has 7 heteroatoms. The molecule has 1 unspecified atom stereocenters. The van der Waals surface area contributed by atoms with Crippen molar-refractivity contribution in [2.75, 3.05) is 11.9 Å². The number of anilines is 2. The van der Waals surface area contributed by atoms with E-state index in [1.807, 2.05) is 4.90 Å². The SMILES string of the molecule is CCC1CCCCN1C(=O)c1ccnc(Nc2cccc(C(F)(F)F)c2)c1. The van der Waals surface area contributed by atoms with Gasteiger partial charge in [0.2, 0.25) is 0 Å². The molecule has 1 N–H and O–H groups in total. The number of nitrogens with one attached hydrogen (secondary N) is 1. The van der Waals surface area contributed by atoms with Crippen molar-refractivity contribution in [2.24, 2.45) is 0 Å². The number of likely N-dealkylation sites (tertiary alicyclic amines) is 1. The van der Waals surface area contributed by atoms with Gasteiger partial charge >= 0.3 is 6.18 Å². The minimum Gasteiger partial charge on any atom is -0.340 e. The van der Waals surface area contributed by atoms with E-state index < -0.39 is 11.7 Å². The zero-order valence-corrected chi connectivity index (χ0v) is 15.1. The lowest BCUT2D eigenvalue weighted by molar-refractivity contribution is -0.137. The van der Waals surface area contributed by atoms with E-state index in [1.54, 1.807) is 12.1 Å². The minimum atomic E-state index is -4.41. The number of benzene rings is 1. The van der Waals surface area contributed by atoms with Crippen LogP contribution in [0.15, 0.2) is 42.6 Å². The number of hydrogen-bond acceptors (Lipinski definition) is 3. The maximum Gasteiger partial charge on any atom is 0.416 e. The van der Waals surface area contributed by atoms with E-state index in [-0.39, 0.29) is 17.6 Å². The highest BCUT2D eigenvalue weighted by atomic mass is 19.4. The van der Waals surface area contributed by atoms with Crippen LogP contribution in [0.5, 0.6) is 0 Å². The van der Waals surface area contributed by atoms with E-state index >= 15 is 0 Å². The minimum absolute atomic E-state index is 0.0592. The lowest BCUT2D eigenvalue weighted by atomic mass is 9.99. The fourth-order valence-corrected chi connectivity index (χ4v) is 3.41. The predicted octanol–water partition coefficient (Wildman–Crippen LogP) is 5.25. The van der Waals surface area contributed by atoms with Crippen LogP contribution in [0, 0.1) is 0 Å². The molecule has 1 aromatic heterocycles. The molecule has 1 aliphatic heterocycles. The summed E-state index contributed by atoms with van der Waals surface area (Å²) in [6.07, 6.45) is 1.11. The van der Waals surface area contributed by atoms with Crippen LogP contribution < -0.4 is 5.32 Å². The monoisotopic (exact) mass is 377 g/mol. The van der Waals surface area contributed by atoms with Crippen LogP contribution in [0.4, 0.5) is 24.7 Å². The summed E-state index contributed by atoms with van der Waals surface area (Å²) >= 11 is 0. The van der Waals surface area contributed by atoms with Crippen molar-refractivity contribution in [3.8, 4) is 0 Å². The molecule has 1 amide bonds. The fraction of sp³-hybridized carbons (Fsp3) is 0.400. The molecule has 4 nitrogen and oxygen atoms in total. The Hall–Kier alpha value is -2.57. The van der Waals surface area contributed by atoms with Crippen LogP contribution in [0.25, 0.3) is 0 Å². The number of aromatic nitrogens is 1. The van der Waals surface area contributed by atoms with E-state index in [9.17, 15) is 18.0 Å². The van der Waals surface area contributed by atoms with E-state index in [1.165, 1.54) is 18.3 Å². The summed E-state index contributed by atoms with van der Waals surface area (Å²) < 4.78 is 38.6. The Morgan fingerprint density at radius 3 is 2.81 bits per heavy atom. The third-order valence-corrected chi connectivity index (χ3v) is 4.83. The molecular formula is C20H22F3N3O. The zero-order valence-electron chi connectivity index (χ0n) is 15.1. The van der Waals surface area contributed by atoms with Crippen molar-refractivity contribution >= 4 is 17.4 Å². The number of carbonyl (C=O) groups is 1. The molecule has 0 aliphatic carbocycles. The number of alkyl halides is 3. The van der Waals surface area contributed by atoms with E-state index in [0.717, 1.165) is 44.4 Å². The molecule has 0 bridgehead atoms. The Kier molecular flexibility index (Phi) is 5.68. The molecule has 1 saturated heterocycles. The van der Waals surface area contributed by atoms with E-state index in [0.29, 0.717) is 11.4 Å². The number of nitrogens with zero attached hydrogens (tertiary/aromatic N) is 2. The number of piperidine rings is 1. The van der Waals surface area contributed by atoms with Crippen molar-refractivity contribution in [3.05, 3.63) is 53.7 Å². The van der Waals surface area contributed by atoms with Gasteiger partial charge in [-0.15, -0.1) is 0 Å². The fourth-order valence-electron chi connectivity index (χ4n) is 3.41. The lowest BCUT2D eigenvalue weighted by Gasteiger charge is -2.35. The van der Waals surface area contributed by atoms with Gasteiger partial charge < -0.3 is 10.2 Å². The van der Waals surface area contributed by atoms with Crippen LogP contribution in [0.1, 0.15) is 48.5 Å². The molecule has 0 spiro atoms. The molecule has 144 valence electrons. The highest BCUT2D eigenvalue weighted by Crippen LogP contribution is 2.31. The van der Waals surface area contributed by atoms with Gasteiger partial charge in [-0.2, -0.15) is 13.2 Å². The second-order valence-corrected chi connectivity index (χ2v) is 6.69. The molecule has 1 aliphatic rings.